The number of esters is 1. The fourth-order valence-corrected chi connectivity index (χ4v) is 3.20. The van der Waals surface area contributed by atoms with Crippen LogP contribution >= 0.6 is 12.2 Å². The summed E-state index contributed by atoms with van der Waals surface area (Å²) in [6, 6.07) is 0. The molecule has 0 saturated carbocycles. The molecule has 9 heteroatoms. The van der Waals surface area contributed by atoms with Gasteiger partial charge >= 0.3 is 11.9 Å². The van der Waals surface area contributed by atoms with E-state index in [0.717, 1.165) is 25.7 Å². The predicted molar refractivity (Wildman–Crippen MR) is 114 cm³/mol. The first-order valence-electron chi connectivity index (χ1n) is 10.6. The van der Waals surface area contributed by atoms with E-state index < -0.39 is 28.8 Å². The average Bonchev–Trinajstić information content (AvgIpc) is 3.25. The van der Waals surface area contributed by atoms with Crippen LogP contribution in [-0.4, -0.2) is 45.4 Å². The van der Waals surface area contributed by atoms with Crippen LogP contribution in [0.25, 0.3) is 0 Å². The standard InChI is InChI=1S/C21H32F2N2O4S/c1-3-5-6-7-8-9-10-11-12-13-16(21(22,23)20(27)28-4-2)29-19(30)17(26)18-24-14-15-25-18/h14-16H,3-13H2,1-2H3,(H,24,25). The molecule has 1 atom stereocenters. The summed E-state index contributed by atoms with van der Waals surface area (Å²) < 4.78 is 38.8. The molecule has 0 spiro atoms. The van der Waals surface area contributed by atoms with Crippen LogP contribution in [0.2, 0.25) is 0 Å². The van der Waals surface area contributed by atoms with Crippen molar-refractivity contribution in [2.75, 3.05) is 6.61 Å². The third-order valence-electron chi connectivity index (χ3n) is 4.67. The molecular formula is C21H32F2N2O4S. The molecule has 1 heterocycles. The Balaban J connectivity index is 2.60. The molecule has 0 bridgehead atoms. The van der Waals surface area contributed by atoms with Gasteiger partial charge in [0.1, 0.15) is 0 Å². The number of unbranched alkanes of at least 4 members (excludes halogenated alkanes) is 8. The molecular weight excluding hydrogens is 414 g/mol. The number of carbonyl (C=O) groups excluding carboxylic acids is 2. The molecule has 0 aliphatic carbocycles. The molecule has 1 aromatic heterocycles. The van der Waals surface area contributed by atoms with Gasteiger partial charge in [-0.25, -0.2) is 9.78 Å². The number of H-pyrrole nitrogens is 1. The van der Waals surface area contributed by atoms with Crippen LogP contribution in [0.15, 0.2) is 12.4 Å². The number of carbonyl (C=O) groups is 2. The van der Waals surface area contributed by atoms with E-state index in [1.807, 2.05) is 0 Å². The van der Waals surface area contributed by atoms with Gasteiger partial charge in [0.05, 0.1) is 6.61 Å². The van der Waals surface area contributed by atoms with E-state index in [1.54, 1.807) is 0 Å². The number of aromatic nitrogens is 2. The number of imidazole rings is 1. The van der Waals surface area contributed by atoms with Crippen LogP contribution < -0.4 is 0 Å². The maximum atomic E-state index is 14.6. The Morgan fingerprint density at radius 3 is 2.23 bits per heavy atom. The third-order valence-corrected chi connectivity index (χ3v) is 4.95. The smallest absolute Gasteiger partial charge is 0.381 e. The number of Topliss-reactive ketones (excluding diaryl/α,β-unsaturated/α-hetero) is 1. The van der Waals surface area contributed by atoms with Gasteiger partial charge in [0.25, 0.3) is 5.78 Å². The van der Waals surface area contributed by atoms with E-state index in [4.69, 9.17) is 17.0 Å². The first kappa shape index (κ1) is 26.1. The Morgan fingerprint density at radius 1 is 1.10 bits per heavy atom. The normalized spacial score (nSPS) is 12.4. The van der Waals surface area contributed by atoms with E-state index in [2.05, 4.69) is 21.6 Å². The van der Waals surface area contributed by atoms with Gasteiger partial charge in [-0.3, -0.25) is 4.79 Å². The van der Waals surface area contributed by atoms with Gasteiger partial charge in [-0.05, 0) is 32.0 Å². The van der Waals surface area contributed by atoms with Gasteiger partial charge in [-0.1, -0.05) is 58.3 Å². The molecule has 1 unspecified atom stereocenters. The summed E-state index contributed by atoms with van der Waals surface area (Å²) in [4.78, 5) is 30.2. The summed E-state index contributed by atoms with van der Waals surface area (Å²) in [5.41, 5.74) is 0. The Kier molecular flexibility index (Phi) is 12.3. The Bertz CT molecular complexity index is 653. The summed E-state index contributed by atoms with van der Waals surface area (Å²) in [6.45, 7) is 3.42. The number of halogens is 2. The molecule has 0 aliphatic heterocycles. The van der Waals surface area contributed by atoms with Crippen LogP contribution in [0.4, 0.5) is 8.78 Å². The molecule has 1 aromatic rings. The summed E-state index contributed by atoms with van der Waals surface area (Å²) >= 11 is 4.87. The van der Waals surface area contributed by atoms with Crippen molar-refractivity contribution in [2.24, 2.45) is 0 Å². The van der Waals surface area contributed by atoms with Crippen molar-refractivity contribution in [1.82, 2.24) is 9.97 Å². The number of hydrogen-bond acceptors (Lipinski definition) is 6. The molecule has 0 amide bonds. The molecule has 170 valence electrons. The fraction of sp³-hybridized carbons (Fsp3) is 0.714. The molecule has 1 N–H and O–H groups in total. The van der Waals surface area contributed by atoms with Gasteiger partial charge in [0, 0.05) is 12.4 Å². The van der Waals surface area contributed by atoms with E-state index in [1.165, 1.54) is 45.0 Å². The van der Waals surface area contributed by atoms with Crippen molar-refractivity contribution in [2.45, 2.75) is 90.1 Å². The SMILES string of the molecule is CCCCCCCCCCCC(OC(=S)C(=O)c1ncc[nH]1)C(F)(F)C(=O)OCC. The minimum atomic E-state index is -3.91. The van der Waals surface area contributed by atoms with Crippen molar-refractivity contribution in [3.63, 3.8) is 0 Å². The average molecular weight is 447 g/mol. The molecule has 0 fully saturated rings. The topological polar surface area (TPSA) is 81.3 Å². The quantitative estimate of drug-likeness (QED) is 0.158. The lowest BCUT2D eigenvalue weighted by Gasteiger charge is -2.25. The van der Waals surface area contributed by atoms with Crippen LogP contribution in [0.5, 0.6) is 0 Å². The zero-order chi connectivity index (χ0) is 22.4. The van der Waals surface area contributed by atoms with Gasteiger partial charge in [0.15, 0.2) is 11.9 Å². The Hall–Kier alpha value is -1.90. The summed E-state index contributed by atoms with van der Waals surface area (Å²) in [5.74, 6) is -6.52. The zero-order valence-corrected chi connectivity index (χ0v) is 18.6. The van der Waals surface area contributed by atoms with E-state index >= 15 is 0 Å². The molecule has 0 saturated heterocycles. The highest BCUT2D eigenvalue weighted by Crippen LogP contribution is 2.28. The van der Waals surface area contributed by atoms with Gasteiger partial charge in [0.2, 0.25) is 5.05 Å². The molecule has 0 radical (unpaired) electrons. The summed E-state index contributed by atoms with van der Waals surface area (Å²) in [6.07, 6.45) is 9.82. The van der Waals surface area contributed by atoms with Gasteiger partial charge < -0.3 is 14.5 Å². The van der Waals surface area contributed by atoms with Crippen LogP contribution in [0.3, 0.4) is 0 Å². The Labute approximate surface area is 182 Å². The highest BCUT2D eigenvalue weighted by atomic mass is 32.1. The fourth-order valence-electron chi connectivity index (χ4n) is 2.98. The summed E-state index contributed by atoms with van der Waals surface area (Å²) in [7, 11) is 0. The second-order valence-electron chi connectivity index (χ2n) is 7.12. The van der Waals surface area contributed by atoms with E-state index in [9.17, 15) is 18.4 Å². The number of aromatic amines is 1. The van der Waals surface area contributed by atoms with Gasteiger partial charge in [-0.2, -0.15) is 8.78 Å². The second-order valence-corrected chi connectivity index (χ2v) is 7.49. The lowest BCUT2D eigenvalue weighted by molar-refractivity contribution is -0.186. The number of thiocarbonyl (C=S) groups is 1. The minimum Gasteiger partial charge on any atom is -0.470 e. The third kappa shape index (κ3) is 8.85. The first-order chi connectivity index (χ1) is 14.3. The highest BCUT2D eigenvalue weighted by molar-refractivity contribution is 7.81. The van der Waals surface area contributed by atoms with Crippen molar-refractivity contribution in [3.8, 4) is 0 Å². The van der Waals surface area contributed by atoms with Gasteiger partial charge in [-0.15, -0.1) is 0 Å². The molecule has 6 nitrogen and oxygen atoms in total. The maximum Gasteiger partial charge on any atom is 0.381 e. The molecule has 0 aliphatic rings. The van der Waals surface area contributed by atoms with Crippen molar-refractivity contribution in [1.29, 1.82) is 0 Å². The van der Waals surface area contributed by atoms with E-state index in [-0.39, 0.29) is 18.9 Å². The largest absolute Gasteiger partial charge is 0.470 e. The Morgan fingerprint density at radius 2 is 1.70 bits per heavy atom. The molecule has 1 rings (SSSR count). The minimum absolute atomic E-state index is 0.110. The van der Waals surface area contributed by atoms with Crippen molar-refractivity contribution >= 4 is 29.0 Å². The number of hydrogen-bond donors (Lipinski definition) is 1. The number of rotatable bonds is 16. The van der Waals surface area contributed by atoms with Crippen molar-refractivity contribution in [3.05, 3.63) is 18.2 Å². The highest BCUT2D eigenvalue weighted by Gasteiger charge is 2.51. The van der Waals surface area contributed by atoms with Crippen molar-refractivity contribution < 1.29 is 27.8 Å². The number of nitrogens with one attached hydrogen (secondary N) is 1. The summed E-state index contributed by atoms with van der Waals surface area (Å²) in [5, 5.41) is -0.658. The first-order valence-corrected chi connectivity index (χ1v) is 11.0. The molecule has 30 heavy (non-hydrogen) atoms. The zero-order valence-electron chi connectivity index (χ0n) is 17.8. The number of ether oxygens (including phenoxy) is 2. The number of nitrogens with zero attached hydrogens (tertiary/aromatic N) is 1. The van der Waals surface area contributed by atoms with Crippen LogP contribution in [0, 0.1) is 0 Å². The lowest BCUT2D eigenvalue weighted by atomic mass is 10.0. The predicted octanol–water partition coefficient (Wildman–Crippen LogP) is 5.42. The maximum absolute atomic E-state index is 14.6. The van der Waals surface area contributed by atoms with Crippen LogP contribution in [0.1, 0.15) is 88.7 Å². The van der Waals surface area contributed by atoms with Crippen LogP contribution in [-0.2, 0) is 14.3 Å². The monoisotopic (exact) mass is 446 g/mol. The lowest BCUT2D eigenvalue weighted by Crippen LogP contribution is -2.46. The van der Waals surface area contributed by atoms with E-state index in [0.29, 0.717) is 6.42 Å². The molecule has 0 aromatic carbocycles. The second kappa shape index (κ2) is 14.2. The number of alkyl halides is 2. The number of ketones is 1.